The Kier molecular flexibility index (Phi) is 12.0. The average molecular weight is 561 g/mol. The molecule has 2 rings (SSSR count). The Morgan fingerprint density at radius 3 is 2.35 bits per heavy atom. The summed E-state index contributed by atoms with van der Waals surface area (Å²) in [4.78, 5) is 50.6. The highest BCUT2D eigenvalue weighted by Gasteiger charge is 2.34. The molecule has 0 saturated carbocycles. The van der Waals surface area contributed by atoms with Crippen molar-refractivity contribution in [2.45, 2.75) is 65.0 Å². The normalized spacial score (nSPS) is 32.7. The van der Waals surface area contributed by atoms with E-state index < -0.39 is 53.9 Å². The van der Waals surface area contributed by atoms with Gasteiger partial charge in [0.25, 0.3) is 5.91 Å². The molecule has 0 saturated heterocycles. The monoisotopic (exact) mass is 560 g/mol. The van der Waals surface area contributed by atoms with Gasteiger partial charge in [0.15, 0.2) is 11.9 Å². The summed E-state index contributed by atoms with van der Waals surface area (Å²) in [5, 5.41) is 13.7. The van der Waals surface area contributed by atoms with Crippen molar-refractivity contribution in [3.8, 4) is 0 Å². The van der Waals surface area contributed by atoms with Crippen molar-refractivity contribution < 1.29 is 43.2 Å². The maximum Gasteiger partial charge on any atom is 0.405 e. The minimum Gasteiger partial charge on any atom is -0.492 e. The van der Waals surface area contributed by atoms with Crippen LogP contribution >= 0.6 is 0 Å². The zero-order valence-corrected chi connectivity index (χ0v) is 24.1. The van der Waals surface area contributed by atoms with Crippen molar-refractivity contribution in [2.75, 3.05) is 21.3 Å². The molecular weight excluding hydrogens is 520 g/mol. The summed E-state index contributed by atoms with van der Waals surface area (Å²) in [5.74, 6) is -2.39. The lowest BCUT2D eigenvalue weighted by atomic mass is 9.85. The lowest BCUT2D eigenvalue weighted by Crippen LogP contribution is -2.37. The standard InChI is InChI=1S/C29H40N2O9/c1-15-11-19-25(34)20(14-21(32)27(19)39-7)31-28(35)16(2)9-8-10-22(37-5)26(40-29(30)36)18(4)13-17(3)24(33)23(12-15)38-6/h8-10,13-15,17,22-24,26,33H,11-12H2,1-7H3,(H2,30,36)(H,31,35)/b10-8-,16-9+,18-13-/t15-,17+,22-,23-,24+,26+/m0/s1. The van der Waals surface area contributed by atoms with Gasteiger partial charge in [-0.25, -0.2) is 4.79 Å². The molecular formula is C29H40N2O9. The fourth-order valence-electron chi connectivity index (χ4n) is 4.78. The minimum absolute atomic E-state index is 0.0801. The second-order valence-corrected chi connectivity index (χ2v) is 10.1. The molecule has 11 nitrogen and oxygen atoms in total. The largest absolute Gasteiger partial charge is 0.492 e. The quantitative estimate of drug-likeness (QED) is 0.346. The number of amides is 2. The molecule has 0 aromatic rings. The number of hydrogen-bond donors (Lipinski definition) is 3. The number of aliphatic hydroxyl groups excluding tert-OH is 1. The second kappa shape index (κ2) is 14.7. The number of nitrogens with two attached hydrogens (primary N) is 1. The van der Waals surface area contributed by atoms with Gasteiger partial charge in [0.05, 0.1) is 25.0 Å². The van der Waals surface area contributed by atoms with Crippen LogP contribution in [0.3, 0.4) is 0 Å². The van der Waals surface area contributed by atoms with E-state index in [4.69, 9.17) is 24.7 Å². The summed E-state index contributed by atoms with van der Waals surface area (Å²) in [5.41, 5.74) is 6.12. The van der Waals surface area contributed by atoms with Crippen molar-refractivity contribution in [3.63, 3.8) is 0 Å². The van der Waals surface area contributed by atoms with Crippen LogP contribution in [-0.2, 0) is 33.3 Å². The first-order valence-electron chi connectivity index (χ1n) is 13.0. The number of fused-ring (bicyclic) bond motifs is 2. The van der Waals surface area contributed by atoms with Crippen molar-refractivity contribution >= 4 is 23.6 Å². The molecule has 4 N–H and O–H groups in total. The van der Waals surface area contributed by atoms with Gasteiger partial charge in [-0.1, -0.05) is 38.2 Å². The second-order valence-electron chi connectivity index (χ2n) is 10.1. The smallest absolute Gasteiger partial charge is 0.405 e. The molecule has 220 valence electrons. The molecule has 1 heterocycles. The van der Waals surface area contributed by atoms with E-state index in [1.54, 1.807) is 32.1 Å². The fourth-order valence-corrected chi connectivity index (χ4v) is 4.78. The Hall–Kier alpha value is -3.54. The predicted octanol–water partition coefficient (Wildman–Crippen LogP) is 2.41. The number of rotatable bonds is 4. The molecule has 1 aliphatic carbocycles. The first-order chi connectivity index (χ1) is 18.8. The van der Waals surface area contributed by atoms with Gasteiger partial charge in [-0.05, 0) is 38.2 Å². The first kappa shape index (κ1) is 32.7. The highest BCUT2D eigenvalue weighted by atomic mass is 16.6. The maximum atomic E-state index is 13.3. The van der Waals surface area contributed by atoms with E-state index in [1.165, 1.54) is 34.3 Å². The van der Waals surface area contributed by atoms with E-state index in [0.29, 0.717) is 12.0 Å². The fraction of sp³-hybridized carbons (Fsp3) is 0.517. The molecule has 6 atom stereocenters. The third-order valence-electron chi connectivity index (χ3n) is 6.95. The zero-order valence-electron chi connectivity index (χ0n) is 24.1. The van der Waals surface area contributed by atoms with Crippen molar-refractivity contribution in [1.29, 1.82) is 0 Å². The molecule has 0 fully saturated rings. The Balaban J connectivity index is 2.60. The number of ether oxygens (including phenoxy) is 4. The first-order valence-corrected chi connectivity index (χ1v) is 13.0. The van der Waals surface area contributed by atoms with Gasteiger partial charge in [-0.2, -0.15) is 0 Å². The molecule has 0 spiro atoms. The van der Waals surface area contributed by atoms with E-state index in [2.05, 4.69) is 5.32 Å². The van der Waals surface area contributed by atoms with Crippen LogP contribution in [0, 0.1) is 11.8 Å². The van der Waals surface area contributed by atoms with Gasteiger partial charge in [-0.15, -0.1) is 0 Å². The summed E-state index contributed by atoms with van der Waals surface area (Å²) in [7, 11) is 4.21. The van der Waals surface area contributed by atoms with Gasteiger partial charge in [0, 0.05) is 37.4 Å². The Bertz CT molecular complexity index is 1150. The lowest BCUT2D eigenvalue weighted by molar-refractivity contribution is -0.120. The van der Waals surface area contributed by atoms with Crippen molar-refractivity contribution in [3.05, 3.63) is 58.6 Å². The lowest BCUT2D eigenvalue weighted by Gasteiger charge is -2.29. The summed E-state index contributed by atoms with van der Waals surface area (Å²) in [6.45, 7) is 6.92. The highest BCUT2D eigenvalue weighted by molar-refractivity contribution is 6.23. The minimum atomic E-state index is -1.00. The van der Waals surface area contributed by atoms with E-state index in [1.807, 2.05) is 6.92 Å². The highest BCUT2D eigenvalue weighted by Crippen LogP contribution is 2.29. The van der Waals surface area contributed by atoms with Crippen LogP contribution in [-0.4, -0.2) is 74.4 Å². The summed E-state index contributed by atoms with van der Waals surface area (Å²) >= 11 is 0. The number of Topliss-reactive ketones (excluding diaryl/α,β-unsaturated/α-hetero) is 1. The van der Waals surface area contributed by atoms with Crippen LogP contribution in [0.5, 0.6) is 0 Å². The molecule has 40 heavy (non-hydrogen) atoms. The number of methoxy groups -OCH3 is 3. The van der Waals surface area contributed by atoms with Crippen LogP contribution in [0.25, 0.3) is 0 Å². The molecule has 2 aliphatic rings. The van der Waals surface area contributed by atoms with E-state index >= 15 is 0 Å². The number of ketones is 2. The van der Waals surface area contributed by atoms with Crippen LogP contribution in [0.4, 0.5) is 4.79 Å². The number of nitrogens with one attached hydrogen (secondary N) is 1. The molecule has 0 radical (unpaired) electrons. The van der Waals surface area contributed by atoms with Crippen LogP contribution in [0.15, 0.2) is 58.6 Å². The maximum absolute atomic E-state index is 13.3. The number of allylic oxidation sites excluding steroid dienone is 4. The van der Waals surface area contributed by atoms with Crippen molar-refractivity contribution in [2.24, 2.45) is 17.6 Å². The van der Waals surface area contributed by atoms with Crippen molar-refractivity contribution in [1.82, 2.24) is 5.32 Å². The van der Waals surface area contributed by atoms with E-state index in [0.717, 1.165) is 6.08 Å². The molecule has 1 aliphatic heterocycles. The SMILES string of the molecule is COC1=C2C[C@H](C)C[C@H](OC)[C@H](O)[C@H](C)/C=C(/C)[C@@H](OC(N)=O)[C@@H](OC)/C=C\C=C(/C)C(=O)NC(=CC1=O)C2=O. The summed E-state index contributed by atoms with van der Waals surface area (Å²) < 4.78 is 21.7. The Morgan fingerprint density at radius 2 is 1.77 bits per heavy atom. The van der Waals surface area contributed by atoms with Gasteiger partial charge < -0.3 is 35.1 Å². The molecule has 0 aromatic carbocycles. The number of aliphatic hydroxyl groups is 1. The molecule has 2 bridgehead atoms. The van der Waals surface area contributed by atoms with Crippen LogP contribution in [0.2, 0.25) is 0 Å². The topological polar surface area (TPSA) is 163 Å². The Morgan fingerprint density at radius 1 is 1.10 bits per heavy atom. The molecule has 2 amide bonds. The van der Waals surface area contributed by atoms with Gasteiger partial charge in [0.2, 0.25) is 11.6 Å². The number of carbonyl (C=O) groups is 4. The van der Waals surface area contributed by atoms with E-state index in [-0.39, 0.29) is 34.9 Å². The summed E-state index contributed by atoms with van der Waals surface area (Å²) in [6.07, 6.45) is 3.61. The third-order valence-corrected chi connectivity index (χ3v) is 6.95. The van der Waals surface area contributed by atoms with E-state index in [9.17, 15) is 24.3 Å². The number of primary amides is 1. The molecule has 11 heteroatoms. The number of carbonyl (C=O) groups excluding carboxylic acids is 4. The van der Waals surface area contributed by atoms with Gasteiger partial charge in [-0.3, -0.25) is 14.4 Å². The van der Waals surface area contributed by atoms with Crippen LogP contribution < -0.4 is 11.1 Å². The van der Waals surface area contributed by atoms with Gasteiger partial charge in [0.1, 0.15) is 6.10 Å². The Labute approximate surface area is 234 Å². The average Bonchev–Trinajstić information content (AvgIpc) is 2.90. The predicted molar refractivity (Wildman–Crippen MR) is 147 cm³/mol. The number of hydrogen-bond acceptors (Lipinski definition) is 9. The van der Waals surface area contributed by atoms with Gasteiger partial charge >= 0.3 is 6.09 Å². The third kappa shape index (κ3) is 8.23. The molecule has 0 unspecified atom stereocenters. The van der Waals surface area contributed by atoms with Crippen LogP contribution in [0.1, 0.15) is 40.5 Å². The zero-order chi connectivity index (χ0) is 30.1. The summed E-state index contributed by atoms with van der Waals surface area (Å²) in [6, 6.07) is 0. The molecule has 0 aromatic heterocycles.